The van der Waals surface area contributed by atoms with Gasteiger partial charge in [-0.25, -0.2) is 4.79 Å². The van der Waals surface area contributed by atoms with Gasteiger partial charge in [-0.15, -0.1) is 0 Å². The van der Waals surface area contributed by atoms with Crippen LogP contribution in [-0.4, -0.2) is 94.3 Å². The number of carbonyl (C=O) groups is 5. The van der Waals surface area contributed by atoms with E-state index in [-0.39, 0.29) is 31.4 Å². The van der Waals surface area contributed by atoms with E-state index < -0.39 is 66.5 Å². The molecule has 0 saturated heterocycles. The molecule has 0 aliphatic rings. The van der Waals surface area contributed by atoms with Crippen molar-refractivity contribution in [1.82, 2.24) is 10.2 Å². The summed E-state index contributed by atoms with van der Waals surface area (Å²) in [6.45, 7) is 1.61. The molecule has 1 N–H and O–H groups in total. The van der Waals surface area contributed by atoms with Crippen LogP contribution in [0, 0.1) is 0 Å². The van der Waals surface area contributed by atoms with Gasteiger partial charge in [0.15, 0.2) is 0 Å². The highest BCUT2D eigenvalue weighted by Crippen LogP contribution is 2.43. The molecule has 1 rings (SSSR count). The summed E-state index contributed by atoms with van der Waals surface area (Å²) in [5, 5.41) is 2.31. The van der Waals surface area contributed by atoms with E-state index in [9.17, 15) is 37.1 Å². The Hall–Kier alpha value is -3.75. The Kier molecular flexibility index (Phi) is 22.6. The Bertz CT molecular complexity index is 1360. The Morgan fingerprint density at radius 2 is 1.62 bits per heavy atom. The number of hydrogen-bond donors (Lipinski definition) is 1. The highest BCUT2D eigenvalue weighted by atomic mass is 35.5. The maximum absolute atomic E-state index is 14.3. The number of rotatable bonds is 26. The number of benzene rings is 1. The van der Waals surface area contributed by atoms with Gasteiger partial charge in [0.05, 0.1) is 32.6 Å². The molecule has 0 heterocycles. The summed E-state index contributed by atoms with van der Waals surface area (Å²) in [4.78, 5) is 64.5. The summed E-state index contributed by atoms with van der Waals surface area (Å²) in [5.74, 6) is -4.39. The molecule has 0 bridgehead atoms. The topological polar surface area (TPSA) is 138 Å². The molecule has 3 atom stereocenters. The monoisotopic (exact) mass is 774 g/mol. The summed E-state index contributed by atoms with van der Waals surface area (Å²) in [5.41, 5.74) is -2.56. The van der Waals surface area contributed by atoms with Gasteiger partial charge in [0.2, 0.25) is 11.8 Å². The number of halogens is 4. The second-order valence-corrected chi connectivity index (χ2v) is 12.8. The third kappa shape index (κ3) is 16.9. The van der Waals surface area contributed by atoms with Gasteiger partial charge in [0.25, 0.3) is 5.60 Å². The average Bonchev–Trinajstić information content (AvgIpc) is 3.12. The number of ketones is 1. The minimum atomic E-state index is -5.27. The van der Waals surface area contributed by atoms with Crippen molar-refractivity contribution in [2.24, 2.45) is 0 Å². The number of hydrogen-bond acceptors (Lipinski definition) is 9. The number of ether oxygens (including phenoxy) is 4. The minimum Gasteiger partial charge on any atom is -0.469 e. The van der Waals surface area contributed by atoms with Crippen LogP contribution in [0.4, 0.5) is 13.2 Å². The highest BCUT2D eigenvalue weighted by molar-refractivity contribution is 6.26. The Balaban J connectivity index is 2.69. The standard InChI is InChI=1S/C38H54ClF3N2O9/c1-6-7-8-9-14-19-31(50-3)20-15-11-16-21-34(47)44(2)27-28(25-39)22-30(45)23-33(46)43-26-32(24-35(48)51-4)53-36(49)37(52-5,38(40,41)42)29-17-12-10-13-18-29/h10-13,15,17-18,25,31-32H,6-9,14,16,19-24,26-27H2,1-5H3,(H,43,46)/b15-11+,28-25-/t31-,32+,37+/m0/s1. The van der Waals surface area contributed by atoms with E-state index in [1.165, 1.54) is 48.8 Å². The number of nitrogens with one attached hydrogen (secondary N) is 1. The fourth-order valence-corrected chi connectivity index (χ4v) is 5.57. The van der Waals surface area contributed by atoms with Crippen LogP contribution in [-0.2, 0) is 48.5 Å². The molecule has 15 heteroatoms. The van der Waals surface area contributed by atoms with Crippen molar-refractivity contribution in [1.29, 1.82) is 0 Å². The van der Waals surface area contributed by atoms with E-state index in [4.69, 9.17) is 25.8 Å². The molecule has 11 nitrogen and oxygen atoms in total. The number of likely N-dealkylation sites (N-methyl/N-ethyl adjacent to an activating group) is 1. The Labute approximate surface area is 315 Å². The molecule has 1 aromatic rings. The normalized spacial score (nSPS) is 14.2. The lowest BCUT2D eigenvalue weighted by Gasteiger charge is -2.33. The molecule has 0 spiro atoms. The van der Waals surface area contributed by atoms with Gasteiger partial charge in [-0.3, -0.25) is 19.2 Å². The van der Waals surface area contributed by atoms with Gasteiger partial charge in [0.1, 0.15) is 11.9 Å². The second kappa shape index (κ2) is 25.3. The molecule has 0 fully saturated rings. The maximum Gasteiger partial charge on any atom is 0.432 e. The smallest absolute Gasteiger partial charge is 0.432 e. The van der Waals surface area contributed by atoms with Crippen LogP contribution in [0.3, 0.4) is 0 Å². The second-order valence-electron chi connectivity index (χ2n) is 12.6. The minimum absolute atomic E-state index is 0.0439. The fourth-order valence-electron chi connectivity index (χ4n) is 5.42. The molecule has 0 aliphatic carbocycles. The van der Waals surface area contributed by atoms with Crippen LogP contribution >= 0.6 is 11.6 Å². The van der Waals surface area contributed by atoms with Crippen molar-refractivity contribution in [3.63, 3.8) is 0 Å². The molecule has 0 unspecified atom stereocenters. The fraction of sp³-hybridized carbons (Fsp3) is 0.605. The van der Waals surface area contributed by atoms with Crippen LogP contribution in [0.25, 0.3) is 0 Å². The van der Waals surface area contributed by atoms with Crippen molar-refractivity contribution in [2.45, 2.75) is 108 Å². The maximum atomic E-state index is 14.3. The van der Waals surface area contributed by atoms with E-state index >= 15 is 0 Å². The SMILES string of the molecule is CCCCCCC[C@@H](C/C=C/CCC(=O)N(C)C/C(=C\Cl)CC(=O)CC(=O)NC[C@@H](CC(=O)OC)OC(=O)[C@](OC)(c1ccccc1)C(F)(F)F)OC. The van der Waals surface area contributed by atoms with Crippen molar-refractivity contribution in [3.8, 4) is 0 Å². The third-order valence-electron chi connectivity index (χ3n) is 8.45. The first kappa shape index (κ1) is 47.3. The quantitative estimate of drug-likeness (QED) is 0.0471. The lowest BCUT2D eigenvalue weighted by Crippen LogP contribution is -2.53. The van der Waals surface area contributed by atoms with E-state index in [0.29, 0.717) is 19.1 Å². The average molecular weight is 775 g/mol. The van der Waals surface area contributed by atoms with Crippen LogP contribution in [0.15, 0.2) is 53.6 Å². The van der Waals surface area contributed by atoms with Crippen molar-refractivity contribution in [2.75, 3.05) is 41.5 Å². The zero-order chi connectivity index (χ0) is 39.9. The van der Waals surface area contributed by atoms with Gasteiger partial charge in [-0.1, -0.05) is 93.1 Å². The van der Waals surface area contributed by atoms with Gasteiger partial charge < -0.3 is 29.2 Å². The van der Waals surface area contributed by atoms with Crippen molar-refractivity contribution >= 4 is 41.1 Å². The van der Waals surface area contributed by atoms with Crippen LogP contribution in [0.1, 0.15) is 89.5 Å². The molecule has 2 amide bonds. The van der Waals surface area contributed by atoms with Gasteiger partial charge >= 0.3 is 18.1 Å². The number of carbonyl (C=O) groups excluding carboxylic acids is 5. The first-order valence-electron chi connectivity index (χ1n) is 17.6. The van der Waals surface area contributed by atoms with Crippen LogP contribution in [0.2, 0.25) is 0 Å². The van der Waals surface area contributed by atoms with E-state index in [1.54, 1.807) is 14.2 Å². The summed E-state index contributed by atoms with van der Waals surface area (Å²) in [6, 6.07) is 6.07. The number of Topliss-reactive ketones (excluding diaryl/α,β-unsaturated/α-hetero) is 1. The molecule has 53 heavy (non-hydrogen) atoms. The predicted molar refractivity (Wildman–Crippen MR) is 194 cm³/mol. The van der Waals surface area contributed by atoms with Gasteiger partial charge in [-0.05, 0) is 24.8 Å². The number of esters is 2. The summed E-state index contributed by atoms with van der Waals surface area (Å²) < 4.78 is 62.9. The summed E-state index contributed by atoms with van der Waals surface area (Å²) in [6.07, 6.45) is 4.10. The molecular weight excluding hydrogens is 721 g/mol. The van der Waals surface area contributed by atoms with Crippen molar-refractivity contribution < 1.29 is 56.1 Å². The Morgan fingerprint density at radius 3 is 2.21 bits per heavy atom. The van der Waals surface area contributed by atoms with Crippen LogP contribution < -0.4 is 5.32 Å². The number of methoxy groups -OCH3 is 3. The van der Waals surface area contributed by atoms with Gasteiger partial charge in [0, 0.05) is 51.8 Å². The lowest BCUT2D eigenvalue weighted by molar-refractivity contribution is -0.278. The van der Waals surface area contributed by atoms with E-state index in [0.717, 1.165) is 44.0 Å². The lowest BCUT2D eigenvalue weighted by atomic mass is 9.92. The third-order valence-corrected chi connectivity index (χ3v) is 8.76. The molecule has 0 aliphatic heterocycles. The van der Waals surface area contributed by atoms with E-state index in [1.807, 2.05) is 12.2 Å². The molecule has 0 radical (unpaired) electrons. The molecule has 0 saturated carbocycles. The number of nitrogens with zero attached hydrogens (tertiary/aromatic N) is 1. The zero-order valence-electron chi connectivity index (χ0n) is 31.3. The number of amides is 2. The van der Waals surface area contributed by atoms with Crippen LogP contribution in [0.5, 0.6) is 0 Å². The molecule has 298 valence electrons. The van der Waals surface area contributed by atoms with Gasteiger partial charge in [-0.2, -0.15) is 13.2 Å². The highest BCUT2D eigenvalue weighted by Gasteiger charge is 2.64. The molecular formula is C38H54ClF3N2O9. The summed E-state index contributed by atoms with van der Waals surface area (Å²) in [7, 11) is 4.99. The zero-order valence-corrected chi connectivity index (χ0v) is 32.1. The first-order valence-corrected chi connectivity index (χ1v) is 18.1. The Morgan fingerprint density at radius 1 is 0.943 bits per heavy atom. The first-order chi connectivity index (χ1) is 25.2. The largest absolute Gasteiger partial charge is 0.469 e. The molecule has 0 aromatic heterocycles. The summed E-state index contributed by atoms with van der Waals surface area (Å²) >= 11 is 5.93. The number of allylic oxidation sites excluding steroid dienone is 1. The van der Waals surface area contributed by atoms with Crippen molar-refractivity contribution in [3.05, 3.63) is 59.2 Å². The van der Waals surface area contributed by atoms with E-state index in [2.05, 4.69) is 17.0 Å². The predicted octanol–water partition coefficient (Wildman–Crippen LogP) is 6.71. The number of alkyl halides is 3. The molecule has 1 aromatic carbocycles. The number of unbranched alkanes of at least 4 members (excludes halogenated alkanes) is 4.